The molecule has 108 valence electrons. The standard InChI is InChI=1S/C15H12F2N2O2/c16-15(17)20-12-8-6-11(7-9-12)14-18-13(19-21-14)10-4-2-1-3-5-10/h1-9,14-15H,(H,18,19)/t14-/m1/s1. The molecule has 0 aliphatic carbocycles. The number of rotatable bonds is 4. The Bertz CT molecular complexity index is 630. The Labute approximate surface area is 120 Å². The third kappa shape index (κ3) is 3.17. The van der Waals surface area contributed by atoms with E-state index in [1.165, 1.54) is 12.1 Å². The van der Waals surface area contributed by atoms with Crippen molar-refractivity contribution in [2.24, 2.45) is 4.99 Å². The molecule has 0 radical (unpaired) electrons. The van der Waals surface area contributed by atoms with Crippen molar-refractivity contribution in [2.45, 2.75) is 12.8 Å². The molecule has 2 aromatic rings. The third-order valence-electron chi connectivity index (χ3n) is 2.95. The Hall–Kier alpha value is -2.47. The van der Waals surface area contributed by atoms with Crippen LogP contribution in [-0.4, -0.2) is 12.4 Å². The van der Waals surface area contributed by atoms with Crippen LogP contribution < -0.4 is 10.2 Å². The highest BCUT2D eigenvalue weighted by molar-refractivity contribution is 5.98. The largest absolute Gasteiger partial charge is 0.435 e. The lowest BCUT2D eigenvalue weighted by Crippen LogP contribution is -2.17. The molecule has 0 spiro atoms. The molecule has 3 rings (SSSR count). The van der Waals surface area contributed by atoms with Crippen LogP contribution in [0.1, 0.15) is 17.4 Å². The normalized spacial score (nSPS) is 17.5. The van der Waals surface area contributed by atoms with Gasteiger partial charge in [-0.05, 0) is 12.1 Å². The minimum absolute atomic E-state index is 0.104. The summed E-state index contributed by atoms with van der Waals surface area (Å²) < 4.78 is 28.5. The maximum absolute atomic E-state index is 12.1. The second kappa shape index (κ2) is 5.88. The van der Waals surface area contributed by atoms with Gasteiger partial charge in [0.2, 0.25) is 6.23 Å². The molecule has 1 N–H and O–H groups in total. The molecule has 0 saturated heterocycles. The van der Waals surface area contributed by atoms with Gasteiger partial charge in [-0.25, -0.2) is 15.3 Å². The minimum atomic E-state index is -2.83. The second-order valence-corrected chi connectivity index (χ2v) is 4.36. The number of halogens is 2. The van der Waals surface area contributed by atoms with Crippen LogP contribution in [0, 0.1) is 0 Å². The van der Waals surface area contributed by atoms with Crippen molar-refractivity contribution >= 4 is 5.84 Å². The molecule has 0 amide bonds. The van der Waals surface area contributed by atoms with E-state index in [9.17, 15) is 8.78 Å². The van der Waals surface area contributed by atoms with Crippen LogP contribution in [0.25, 0.3) is 0 Å². The van der Waals surface area contributed by atoms with Crippen molar-refractivity contribution in [1.82, 2.24) is 5.48 Å². The zero-order chi connectivity index (χ0) is 14.7. The highest BCUT2D eigenvalue weighted by Crippen LogP contribution is 2.25. The van der Waals surface area contributed by atoms with Crippen molar-refractivity contribution in [3.63, 3.8) is 0 Å². The number of nitrogens with one attached hydrogen (secondary N) is 1. The smallest absolute Gasteiger partial charge is 0.387 e. The molecule has 1 atom stereocenters. The van der Waals surface area contributed by atoms with Crippen LogP contribution in [0.2, 0.25) is 0 Å². The van der Waals surface area contributed by atoms with Gasteiger partial charge >= 0.3 is 6.61 Å². The zero-order valence-corrected chi connectivity index (χ0v) is 10.9. The molecule has 0 aromatic heterocycles. The predicted octanol–water partition coefficient (Wildman–Crippen LogP) is 3.27. The molecule has 4 nitrogen and oxygen atoms in total. The summed E-state index contributed by atoms with van der Waals surface area (Å²) in [6, 6.07) is 15.8. The van der Waals surface area contributed by atoms with Gasteiger partial charge in [0.05, 0.1) is 0 Å². The maximum atomic E-state index is 12.1. The number of ether oxygens (including phenoxy) is 1. The first kappa shape index (κ1) is 13.5. The van der Waals surface area contributed by atoms with Crippen LogP contribution in [-0.2, 0) is 4.84 Å². The number of hydroxylamine groups is 1. The summed E-state index contributed by atoms with van der Waals surface area (Å²) in [5.74, 6) is 0.737. The quantitative estimate of drug-likeness (QED) is 0.939. The van der Waals surface area contributed by atoms with Crippen LogP contribution in [0.5, 0.6) is 5.75 Å². The van der Waals surface area contributed by atoms with E-state index in [1.807, 2.05) is 30.3 Å². The lowest BCUT2D eigenvalue weighted by atomic mass is 10.2. The molecule has 1 aliphatic heterocycles. The lowest BCUT2D eigenvalue weighted by Gasteiger charge is -2.08. The van der Waals surface area contributed by atoms with Gasteiger partial charge in [0.1, 0.15) is 5.75 Å². The van der Waals surface area contributed by atoms with Crippen molar-refractivity contribution in [2.75, 3.05) is 0 Å². The Morgan fingerprint density at radius 3 is 2.43 bits per heavy atom. The maximum Gasteiger partial charge on any atom is 0.387 e. The van der Waals surface area contributed by atoms with Crippen LogP contribution >= 0.6 is 0 Å². The molecular formula is C15H12F2N2O2. The average molecular weight is 290 g/mol. The van der Waals surface area contributed by atoms with E-state index >= 15 is 0 Å². The highest BCUT2D eigenvalue weighted by Gasteiger charge is 2.20. The highest BCUT2D eigenvalue weighted by atomic mass is 19.3. The Morgan fingerprint density at radius 2 is 1.76 bits per heavy atom. The van der Waals surface area contributed by atoms with Crippen molar-refractivity contribution in [3.05, 3.63) is 65.7 Å². The molecule has 0 bridgehead atoms. The Balaban J connectivity index is 1.75. The van der Waals surface area contributed by atoms with E-state index in [-0.39, 0.29) is 5.75 Å². The van der Waals surface area contributed by atoms with Crippen molar-refractivity contribution in [3.8, 4) is 5.75 Å². The lowest BCUT2D eigenvalue weighted by molar-refractivity contribution is -0.0498. The molecule has 0 fully saturated rings. The summed E-state index contributed by atoms with van der Waals surface area (Å²) in [4.78, 5) is 9.80. The number of aliphatic imine (C=N–C) groups is 1. The molecular weight excluding hydrogens is 278 g/mol. The fraction of sp³-hybridized carbons (Fsp3) is 0.133. The monoisotopic (exact) mass is 290 g/mol. The first-order chi connectivity index (χ1) is 10.2. The van der Waals surface area contributed by atoms with Gasteiger partial charge < -0.3 is 4.74 Å². The molecule has 0 saturated carbocycles. The van der Waals surface area contributed by atoms with Gasteiger partial charge in [0.15, 0.2) is 5.84 Å². The summed E-state index contributed by atoms with van der Waals surface area (Å²) in [7, 11) is 0. The third-order valence-corrected chi connectivity index (χ3v) is 2.95. The van der Waals surface area contributed by atoms with Gasteiger partial charge in [-0.2, -0.15) is 8.78 Å². The minimum Gasteiger partial charge on any atom is -0.435 e. The van der Waals surface area contributed by atoms with E-state index in [4.69, 9.17) is 4.84 Å². The number of alkyl halides is 2. The van der Waals surface area contributed by atoms with Gasteiger partial charge in [0.25, 0.3) is 0 Å². The SMILES string of the molecule is FC(F)Oc1ccc([C@@H]2N=C(c3ccccc3)NO2)cc1. The molecule has 2 aromatic carbocycles. The van der Waals surface area contributed by atoms with E-state index in [0.717, 1.165) is 11.1 Å². The number of hydrogen-bond acceptors (Lipinski definition) is 4. The number of benzene rings is 2. The van der Waals surface area contributed by atoms with E-state index in [0.29, 0.717) is 5.84 Å². The summed E-state index contributed by atoms with van der Waals surface area (Å²) >= 11 is 0. The first-order valence-electron chi connectivity index (χ1n) is 6.32. The van der Waals surface area contributed by atoms with Crippen molar-refractivity contribution in [1.29, 1.82) is 0 Å². The molecule has 0 unspecified atom stereocenters. The Kier molecular flexibility index (Phi) is 3.79. The second-order valence-electron chi connectivity index (χ2n) is 4.36. The fourth-order valence-corrected chi connectivity index (χ4v) is 1.97. The summed E-state index contributed by atoms with van der Waals surface area (Å²) in [6.45, 7) is -2.83. The van der Waals surface area contributed by atoms with E-state index in [2.05, 4.69) is 15.2 Å². The van der Waals surface area contributed by atoms with Gasteiger partial charge in [-0.1, -0.05) is 42.5 Å². The van der Waals surface area contributed by atoms with Crippen molar-refractivity contribution < 1.29 is 18.4 Å². The zero-order valence-electron chi connectivity index (χ0n) is 10.9. The molecule has 1 heterocycles. The van der Waals surface area contributed by atoms with Gasteiger partial charge in [0, 0.05) is 11.1 Å². The van der Waals surface area contributed by atoms with Gasteiger partial charge in [-0.15, -0.1) is 0 Å². The number of amidine groups is 1. The topological polar surface area (TPSA) is 42.8 Å². The van der Waals surface area contributed by atoms with Gasteiger partial charge in [-0.3, -0.25) is 0 Å². The summed E-state index contributed by atoms with van der Waals surface area (Å²) in [5, 5.41) is 0. The fourth-order valence-electron chi connectivity index (χ4n) is 1.97. The van der Waals surface area contributed by atoms with E-state index < -0.39 is 12.8 Å². The number of hydrogen-bond donors (Lipinski definition) is 1. The predicted molar refractivity (Wildman–Crippen MR) is 73.0 cm³/mol. The molecule has 6 heteroatoms. The van der Waals surface area contributed by atoms with E-state index in [1.54, 1.807) is 12.1 Å². The number of nitrogens with zero attached hydrogens (tertiary/aromatic N) is 1. The molecule has 1 aliphatic rings. The van der Waals surface area contributed by atoms with Crippen LogP contribution in [0.4, 0.5) is 8.78 Å². The average Bonchev–Trinajstić information content (AvgIpc) is 2.98. The summed E-state index contributed by atoms with van der Waals surface area (Å²) in [6.07, 6.45) is -0.513. The summed E-state index contributed by atoms with van der Waals surface area (Å²) in [5.41, 5.74) is 4.43. The Morgan fingerprint density at radius 1 is 1.05 bits per heavy atom. The first-order valence-corrected chi connectivity index (χ1v) is 6.32. The van der Waals surface area contributed by atoms with Crippen LogP contribution in [0.3, 0.4) is 0 Å². The van der Waals surface area contributed by atoms with Crippen LogP contribution in [0.15, 0.2) is 59.6 Å². The molecule has 21 heavy (non-hydrogen) atoms.